The number of carbonyl (C=O) groups is 2. The summed E-state index contributed by atoms with van der Waals surface area (Å²) in [5.41, 5.74) is -0.191. The summed E-state index contributed by atoms with van der Waals surface area (Å²) in [6.07, 6.45) is 0. The lowest BCUT2D eigenvalue weighted by Crippen LogP contribution is -2.35. The molecular formula is C23H21N5O5. The van der Waals surface area contributed by atoms with Gasteiger partial charge in [-0.1, -0.05) is 36.4 Å². The van der Waals surface area contributed by atoms with Crippen molar-refractivity contribution in [2.75, 3.05) is 5.32 Å². The monoisotopic (exact) mass is 447 g/mol. The number of rotatable bonds is 5. The number of hydrogen-bond donors (Lipinski definition) is 2. The number of nitrogens with zero attached hydrogens (tertiary/aromatic N) is 4. The number of carboxylic acid groups (broad SMARTS) is 1. The number of aromatic nitrogens is 4. The third kappa shape index (κ3) is 3.61. The van der Waals surface area contributed by atoms with Crippen LogP contribution in [0.25, 0.3) is 16.5 Å². The third-order valence-corrected chi connectivity index (χ3v) is 5.58. The number of carbonyl (C=O) groups excluding carboxylic acids is 1. The summed E-state index contributed by atoms with van der Waals surface area (Å²) in [7, 11) is 1.69. The van der Waals surface area contributed by atoms with Gasteiger partial charge in [-0.05, 0) is 32.0 Å². The number of fused-ring (bicyclic) bond motifs is 1. The molecule has 0 aliphatic rings. The molecule has 2 heterocycles. The van der Waals surface area contributed by atoms with Gasteiger partial charge in [0.2, 0.25) is 5.91 Å². The van der Waals surface area contributed by atoms with Crippen LogP contribution in [0.4, 0.5) is 5.69 Å². The summed E-state index contributed by atoms with van der Waals surface area (Å²) in [4.78, 5) is 50.7. The van der Waals surface area contributed by atoms with Crippen LogP contribution in [0.1, 0.15) is 29.1 Å². The Labute approximate surface area is 187 Å². The zero-order chi connectivity index (χ0) is 23.9. The fraction of sp³-hybridized carbons (Fsp3) is 0.174. The van der Waals surface area contributed by atoms with Crippen LogP contribution in [-0.4, -0.2) is 36.1 Å². The summed E-state index contributed by atoms with van der Waals surface area (Å²) < 4.78 is 3.86. The van der Waals surface area contributed by atoms with Crippen LogP contribution in [0.15, 0.2) is 64.2 Å². The number of anilines is 1. The van der Waals surface area contributed by atoms with Crippen molar-refractivity contribution >= 4 is 28.3 Å². The molecule has 0 saturated carbocycles. The van der Waals surface area contributed by atoms with Gasteiger partial charge in [-0.3, -0.25) is 19.1 Å². The van der Waals surface area contributed by atoms with Gasteiger partial charge in [0, 0.05) is 12.4 Å². The lowest BCUT2D eigenvalue weighted by atomic mass is 10.1. The first-order chi connectivity index (χ1) is 15.7. The molecule has 4 rings (SSSR count). The Hall–Kier alpha value is -4.47. The highest BCUT2D eigenvalue weighted by atomic mass is 16.4. The SMILES string of the molecule is Cc1c(NC(=O)[C@H](C)n2nc(C(=O)O)c3ccccc3c2=O)c(=O)n(-c2ccccc2)n1C. The van der Waals surface area contributed by atoms with Gasteiger partial charge in [0.1, 0.15) is 11.7 Å². The van der Waals surface area contributed by atoms with Crippen molar-refractivity contribution in [1.82, 2.24) is 19.1 Å². The molecule has 10 heteroatoms. The summed E-state index contributed by atoms with van der Waals surface area (Å²) in [6.45, 7) is 3.10. The van der Waals surface area contributed by atoms with E-state index in [4.69, 9.17) is 0 Å². The Bertz CT molecular complexity index is 1510. The largest absolute Gasteiger partial charge is 0.476 e. The van der Waals surface area contributed by atoms with Gasteiger partial charge in [-0.25, -0.2) is 14.2 Å². The highest BCUT2D eigenvalue weighted by molar-refractivity contribution is 6.01. The molecule has 0 aliphatic carbocycles. The highest BCUT2D eigenvalue weighted by Gasteiger charge is 2.25. The molecule has 1 atom stereocenters. The molecule has 0 spiro atoms. The molecule has 2 N–H and O–H groups in total. The van der Waals surface area contributed by atoms with E-state index in [1.54, 1.807) is 55.1 Å². The Morgan fingerprint density at radius 2 is 1.58 bits per heavy atom. The topological polar surface area (TPSA) is 128 Å². The first-order valence-electron chi connectivity index (χ1n) is 10.1. The van der Waals surface area contributed by atoms with E-state index < -0.39 is 29.0 Å². The Morgan fingerprint density at radius 3 is 2.21 bits per heavy atom. The lowest BCUT2D eigenvalue weighted by Gasteiger charge is -2.15. The van der Waals surface area contributed by atoms with Crippen molar-refractivity contribution < 1.29 is 14.7 Å². The Balaban J connectivity index is 1.75. The van der Waals surface area contributed by atoms with E-state index in [0.29, 0.717) is 11.4 Å². The summed E-state index contributed by atoms with van der Waals surface area (Å²) >= 11 is 0. The third-order valence-electron chi connectivity index (χ3n) is 5.58. The average Bonchev–Trinajstić information content (AvgIpc) is 3.02. The normalized spacial score (nSPS) is 12.0. The first kappa shape index (κ1) is 21.8. The maximum Gasteiger partial charge on any atom is 0.357 e. The maximum absolute atomic E-state index is 13.1. The Morgan fingerprint density at radius 1 is 0.970 bits per heavy atom. The van der Waals surface area contributed by atoms with Crippen molar-refractivity contribution in [3.05, 3.63) is 86.7 Å². The number of hydrogen-bond acceptors (Lipinski definition) is 5. The Kier molecular flexibility index (Phi) is 5.42. The molecule has 1 amide bonds. The first-order valence-corrected chi connectivity index (χ1v) is 10.1. The predicted molar refractivity (Wildman–Crippen MR) is 122 cm³/mol. The fourth-order valence-electron chi connectivity index (χ4n) is 3.68. The molecule has 0 radical (unpaired) electrons. The zero-order valence-corrected chi connectivity index (χ0v) is 18.1. The summed E-state index contributed by atoms with van der Waals surface area (Å²) in [6, 6.07) is 13.9. The van der Waals surface area contributed by atoms with Crippen LogP contribution in [0, 0.1) is 6.92 Å². The number of aromatic carboxylic acids is 1. The average molecular weight is 447 g/mol. The second-order valence-corrected chi connectivity index (χ2v) is 7.55. The van der Waals surface area contributed by atoms with Gasteiger partial charge in [-0.2, -0.15) is 5.10 Å². The zero-order valence-electron chi connectivity index (χ0n) is 18.1. The molecule has 2 aromatic heterocycles. The number of nitrogens with one attached hydrogen (secondary N) is 1. The van der Waals surface area contributed by atoms with Crippen LogP contribution in [0.5, 0.6) is 0 Å². The molecule has 0 fully saturated rings. The molecule has 0 bridgehead atoms. The van der Waals surface area contributed by atoms with Gasteiger partial charge < -0.3 is 10.4 Å². The van der Waals surface area contributed by atoms with Crippen molar-refractivity contribution in [3.8, 4) is 5.69 Å². The van der Waals surface area contributed by atoms with Gasteiger partial charge in [0.15, 0.2) is 5.69 Å². The second kappa shape index (κ2) is 8.23. The van der Waals surface area contributed by atoms with Gasteiger partial charge >= 0.3 is 5.97 Å². The molecule has 33 heavy (non-hydrogen) atoms. The van der Waals surface area contributed by atoms with Crippen LogP contribution in [-0.2, 0) is 11.8 Å². The molecule has 0 saturated heterocycles. The van der Waals surface area contributed by atoms with Gasteiger partial charge in [0.25, 0.3) is 11.1 Å². The van der Waals surface area contributed by atoms with Gasteiger partial charge in [0.05, 0.1) is 16.8 Å². The number of benzene rings is 2. The molecule has 2 aromatic carbocycles. The minimum absolute atomic E-state index is 0.0606. The van der Waals surface area contributed by atoms with Crippen LogP contribution < -0.4 is 16.4 Å². The van der Waals surface area contributed by atoms with Crippen molar-refractivity contribution in [2.24, 2.45) is 7.05 Å². The number of para-hydroxylation sites is 1. The minimum atomic E-state index is -1.32. The minimum Gasteiger partial charge on any atom is -0.476 e. The molecule has 168 valence electrons. The highest BCUT2D eigenvalue weighted by Crippen LogP contribution is 2.18. The van der Waals surface area contributed by atoms with E-state index in [2.05, 4.69) is 10.4 Å². The molecule has 0 unspecified atom stereocenters. The van der Waals surface area contributed by atoms with Crippen molar-refractivity contribution in [1.29, 1.82) is 0 Å². The van der Waals surface area contributed by atoms with E-state index in [0.717, 1.165) is 4.68 Å². The molecular weight excluding hydrogens is 426 g/mol. The standard InChI is InChI=1S/C23H21N5O5/c1-13-18(22(31)28(26(13)3)15-9-5-4-6-10-15)24-20(29)14(2)27-21(30)17-12-8-7-11-16(17)19(25-27)23(32)33/h4-12,14H,1-3H3,(H,24,29)(H,32,33)/t14-/m0/s1. The van der Waals surface area contributed by atoms with Crippen LogP contribution >= 0.6 is 0 Å². The van der Waals surface area contributed by atoms with Crippen LogP contribution in [0.3, 0.4) is 0 Å². The van der Waals surface area contributed by atoms with Crippen molar-refractivity contribution in [2.45, 2.75) is 19.9 Å². The van der Waals surface area contributed by atoms with Gasteiger partial charge in [-0.15, -0.1) is 0 Å². The quantitative estimate of drug-likeness (QED) is 0.482. The van der Waals surface area contributed by atoms with E-state index >= 15 is 0 Å². The molecule has 0 aliphatic heterocycles. The second-order valence-electron chi connectivity index (χ2n) is 7.55. The van der Waals surface area contributed by atoms with Crippen LogP contribution in [0.2, 0.25) is 0 Å². The summed E-state index contributed by atoms with van der Waals surface area (Å²) in [5.74, 6) is -2.00. The smallest absolute Gasteiger partial charge is 0.357 e. The summed E-state index contributed by atoms with van der Waals surface area (Å²) in [5, 5.41) is 16.4. The van der Waals surface area contributed by atoms with Crippen molar-refractivity contribution in [3.63, 3.8) is 0 Å². The van der Waals surface area contributed by atoms with E-state index in [-0.39, 0.29) is 22.2 Å². The lowest BCUT2D eigenvalue weighted by molar-refractivity contribution is -0.119. The number of amides is 1. The maximum atomic E-state index is 13.1. The van der Waals surface area contributed by atoms with E-state index in [1.807, 2.05) is 6.07 Å². The van der Waals surface area contributed by atoms with E-state index in [1.165, 1.54) is 23.7 Å². The predicted octanol–water partition coefficient (Wildman–Crippen LogP) is 2.09. The number of carboxylic acids is 1. The fourth-order valence-corrected chi connectivity index (χ4v) is 3.68. The molecule has 10 nitrogen and oxygen atoms in total. The molecule has 4 aromatic rings. The van der Waals surface area contributed by atoms with E-state index in [9.17, 15) is 24.3 Å².